The van der Waals surface area contributed by atoms with Gasteiger partial charge in [-0.1, -0.05) is 0 Å². The Hall–Kier alpha value is -2.42. The molecule has 0 spiro atoms. The Bertz CT molecular complexity index is 621. The number of hydrogen-bond donors (Lipinski definition) is 1. The van der Waals surface area contributed by atoms with E-state index in [4.69, 9.17) is 10.4 Å². The van der Waals surface area contributed by atoms with E-state index < -0.39 is 11.4 Å². The normalized spacial score (nSPS) is 21.6. The van der Waals surface area contributed by atoms with Crippen molar-refractivity contribution in [1.82, 2.24) is 9.88 Å². The molecule has 0 saturated carbocycles. The zero-order chi connectivity index (χ0) is 14.9. The zero-order valence-corrected chi connectivity index (χ0v) is 11.4. The van der Waals surface area contributed by atoms with E-state index in [1.807, 2.05) is 6.07 Å². The molecule has 1 amide bonds. The topological polar surface area (TPSA) is 94.3 Å². The van der Waals surface area contributed by atoms with E-state index in [2.05, 4.69) is 4.98 Å². The van der Waals surface area contributed by atoms with Crippen molar-refractivity contribution in [2.24, 2.45) is 5.41 Å². The molecule has 6 heteroatoms. The second-order valence-corrected chi connectivity index (χ2v) is 5.28. The summed E-state index contributed by atoms with van der Waals surface area (Å²) in [5, 5.41) is 18.0. The quantitative estimate of drug-likeness (QED) is 0.873. The number of carbonyl (C=O) groups excluding carboxylic acids is 1. The summed E-state index contributed by atoms with van der Waals surface area (Å²) in [6.07, 6.45) is 0.434. The van der Waals surface area contributed by atoms with Crippen LogP contribution in [0, 0.1) is 23.7 Å². The van der Waals surface area contributed by atoms with Crippen LogP contribution in [0.2, 0.25) is 0 Å². The zero-order valence-electron chi connectivity index (χ0n) is 11.4. The van der Waals surface area contributed by atoms with Crippen LogP contribution in [0.3, 0.4) is 0 Å². The highest BCUT2D eigenvalue weighted by atomic mass is 16.4. The van der Waals surface area contributed by atoms with Crippen LogP contribution in [0.15, 0.2) is 12.1 Å². The van der Waals surface area contributed by atoms with E-state index in [1.54, 1.807) is 19.9 Å². The van der Waals surface area contributed by atoms with E-state index in [1.165, 1.54) is 11.0 Å². The van der Waals surface area contributed by atoms with Crippen molar-refractivity contribution < 1.29 is 14.7 Å². The van der Waals surface area contributed by atoms with E-state index in [9.17, 15) is 9.59 Å². The minimum Gasteiger partial charge on any atom is -0.481 e. The highest BCUT2D eigenvalue weighted by molar-refractivity contribution is 5.93. The number of nitrogens with zero attached hydrogens (tertiary/aromatic N) is 3. The molecule has 1 aromatic heterocycles. The fraction of sp³-hybridized carbons (Fsp3) is 0.429. The van der Waals surface area contributed by atoms with Gasteiger partial charge in [-0.15, -0.1) is 0 Å². The summed E-state index contributed by atoms with van der Waals surface area (Å²) in [4.78, 5) is 29.1. The summed E-state index contributed by atoms with van der Waals surface area (Å²) in [6.45, 7) is 3.89. The van der Waals surface area contributed by atoms with Crippen molar-refractivity contribution in [3.63, 3.8) is 0 Å². The minimum atomic E-state index is -0.892. The number of carbonyl (C=O) groups is 2. The van der Waals surface area contributed by atoms with Crippen LogP contribution in [0.1, 0.15) is 35.1 Å². The molecule has 1 N–H and O–H groups in total. The van der Waals surface area contributed by atoms with Gasteiger partial charge in [-0.05, 0) is 32.4 Å². The first-order chi connectivity index (χ1) is 9.37. The molecule has 1 saturated heterocycles. The Kier molecular flexibility index (Phi) is 3.45. The first-order valence-electron chi connectivity index (χ1n) is 6.28. The molecule has 2 heterocycles. The maximum absolute atomic E-state index is 12.3. The number of aryl methyl sites for hydroxylation is 1. The molecule has 0 radical (unpaired) electrons. The van der Waals surface area contributed by atoms with Gasteiger partial charge < -0.3 is 10.0 Å². The van der Waals surface area contributed by atoms with Crippen molar-refractivity contribution in [2.75, 3.05) is 13.1 Å². The van der Waals surface area contributed by atoms with E-state index in [-0.39, 0.29) is 18.1 Å². The molecule has 0 aromatic carbocycles. The van der Waals surface area contributed by atoms with Gasteiger partial charge in [0.05, 0.1) is 16.7 Å². The lowest BCUT2D eigenvalue weighted by Gasteiger charge is -2.20. The van der Waals surface area contributed by atoms with Crippen molar-refractivity contribution >= 4 is 11.9 Å². The molecule has 0 aliphatic carbocycles. The highest BCUT2D eigenvalue weighted by Gasteiger charge is 2.42. The van der Waals surface area contributed by atoms with Gasteiger partial charge in [0.15, 0.2) is 0 Å². The number of likely N-dealkylation sites (tertiary alicyclic amines) is 1. The number of amides is 1. The number of carboxylic acids is 1. The third-order valence-corrected chi connectivity index (χ3v) is 3.70. The molecule has 0 bridgehead atoms. The summed E-state index contributed by atoms with van der Waals surface area (Å²) < 4.78 is 0. The van der Waals surface area contributed by atoms with Gasteiger partial charge in [0.2, 0.25) is 0 Å². The van der Waals surface area contributed by atoms with Gasteiger partial charge in [-0.2, -0.15) is 5.26 Å². The average Bonchev–Trinajstić information content (AvgIpc) is 2.82. The van der Waals surface area contributed by atoms with Crippen LogP contribution in [0.25, 0.3) is 0 Å². The van der Waals surface area contributed by atoms with Crippen molar-refractivity contribution in [2.45, 2.75) is 20.3 Å². The van der Waals surface area contributed by atoms with Gasteiger partial charge >= 0.3 is 5.97 Å². The van der Waals surface area contributed by atoms with Crippen LogP contribution in [-0.4, -0.2) is 40.0 Å². The van der Waals surface area contributed by atoms with Crippen LogP contribution in [0.4, 0.5) is 0 Å². The predicted molar refractivity (Wildman–Crippen MR) is 70.0 cm³/mol. The Morgan fingerprint density at radius 1 is 1.50 bits per heavy atom. The Morgan fingerprint density at radius 2 is 2.20 bits per heavy atom. The predicted octanol–water partition coefficient (Wildman–Crippen LogP) is 1.20. The largest absolute Gasteiger partial charge is 0.481 e. The molecule has 1 aliphatic heterocycles. The lowest BCUT2D eigenvalue weighted by molar-refractivity contribution is -0.147. The van der Waals surface area contributed by atoms with Crippen molar-refractivity contribution in [1.29, 1.82) is 5.26 Å². The molecule has 6 nitrogen and oxygen atoms in total. The van der Waals surface area contributed by atoms with E-state index in [0.29, 0.717) is 24.2 Å². The molecule has 1 atom stereocenters. The van der Waals surface area contributed by atoms with Crippen LogP contribution in [0.5, 0.6) is 0 Å². The van der Waals surface area contributed by atoms with Crippen molar-refractivity contribution in [3.8, 4) is 6.07 Å². The fourth-order valence-corrected chi connectivity index (χ4v) is 2.27. The lowest BCUT2D eigenvalue weighted by Crippen LogP contribution is -2.35. The number of rotatable bonds is 2. The molecule has 1 unspecified atom stereocenters. The molecular weight excluding hydrogens is 258 g/mol. The number of nitriles is 1. The first kappa shape index (κ1) is 14.0. The Balaban J connectivity index is 2.20. The molecule has 1 aromatic rings. The number of aliphatic carboxylic acids is 1. The molecule has 1 aliphatic rings. The van der Waals surface area contributed by atoms with Gasteiger partial charge in [-0.3, -0.25) is 9.59 Å². The number of aromatic nitrogens is 1. The molecule has 1 fully saturated rings. The Morgan fingerprint density at radius 3 is 2.70 bits per heavy atom. The maximum Gasteiger partial charge on any atom is 0.311 e. The number of pyridine rings is 1. The SMILES string of the molecule is Cc1nc(C(=O)N2CCC(C)(C(=O)O)C2)ccc1C#N. The molecule has 20 heavy (non-hydrogen) atoms. The summed E-state index contributed by atoms with van der Waals surface area (Å²) in [7, 11) is 0. The smallest absolute Gasteiger partial charge is 0.311 e. The monoisotopic (exact) mass is 273 g/mol. The Labute approximate surface area is 116 Å². The summed E-state index contributed by atoms with van der Waals surface area (Å²) in [6, 6.07) is 5.06. The average molecular weight is 273 g/mol. The summed E-state index contributed by atoms with van der Waals surface area (Å²) >= 11 is 0. The molecule has 2 rings (SSSR count). The fourth-order valence-electron chi connectivity index (χ4n) is 2.27. The third kappa shape index (κ3) is 2.35. The molecule has 104 valence electrons. The lowest BCUT2D eigenvalue weighted by atomic mass is 9.90. The first-order valence-corrected chi connectivity index (χ1v) is 6.28. The van der Waals surface area contributed by atoms with Crippen LogP contribution >= 0.6 is 0 Å². The van der Waals surface area contributed by atoms with Gasteiger partial charge in [0.1, 0.15) is 11.8 Å². The van der Waals surface area contributed by atoms with Crippen LogP contribution < -0.4 is 0 Å². The summed E-state index contributed by atoms with van der Waals surface area (Å²) in [5.41, 5.74) is 0.283. The van der Waals surface area contributed by atoms with E-state index in [0.717, 1.165) is 0 Å². The van der Waals surface area contributed by atoms with Gasteiger partial charge in [0.25, 0.3) is 5.91 Å². The summed E-state index contributed by atoms with van der Waals surface area (Å²) in [5.74, 6) is -1.18. The van der Waals surface area contributed by atoms with Gasteiger partial charge in [-0.25, -0.2) is 4.98 Å². The second-order valence-electron chi connectivity index (χ2n) is 5.28. The van der Waals surface area contributed by atoms with E-state index >= 15 is 0 Å². The standard InChI is InChI=1S/C14H15N3O3/c1-9-10(7-15)3-4-11(16-9)12(18)17-6-5-14(2,8-17)13(19)20/h3-4H,5-6,8H2,1-2H3,(H,19,20). The number of hydrogen-bond acceptors (Lipinski definition) is 4. The van der Waals surface area contributed by atoms with Crippen molar-refractivity contribution in [3.05, 3.63) is 29.1 Å². The minimum absolute atomic E-state index is 0.182. The highest BCUT2D eigenvalue weighted by Crippen LogP contribution is 2.30. The van der Waals surface area contributed by atoms with Crippen LogP contribution in [-0.2, 0) is 4.79 Å². The number of carboxylic acid groups (broad SMARTS) is 1. The van der Waals surface area contributed by atoms with Gasteiger partial charge in [0, 0.05) is 13.1 Å². The third-order valence-electron chi connectivity index (χ3n) is 3.70. The molecular formula is C14H15N3O3. The second kappa shape index (κ2) is 4.93. The maximum atomic E-state index is 12.3.